The minimum Gasteiger partial charge on any atom is -0.341 e. The molecule has 4 heteroatoms. The molecule has 0 aliphatic carbocycles. The van der Waals surface area contributed by atoms with Crippen molar-refractivity contribution in [3.63, 3.8) is 0 Å². The van der Waals surface area contributed by atoms with E-state index in [1.165, 1.54) is 24.8 Å². The number of hydrogen-bond donors (Lipinski definition) is 0. The molecule has 1 saturated heterocycles. The van der Waals surface area contributed by atoms with Crippen LogP contribution in [0.25, 0.3) is 0 Å². The molecule has 0 aromatic heterocycles. The van der Waals surface area contributed by atoms with Gasteiger partial charge in [-0.3, -0.25) is 4.79 Å². The topological polar surface area (TPSA) is 23.6 Å². The van der Waals surface area contributed by atoms with Gasteiger partial charge < -0.3 is 9.80 Å². The molecule has 0 N–H and O–H groups in total. The van der Waals surface area contributed by atoms with E-state index < -0.39 is 0 Å². The Morgan fingerprint density at radius 1 is 1.15 bits per heavy atom. The minimum atomic E-state index is 0. The maximum Gasteiger partial charge on any atom is 0.223 e. The number of halogens is 1. The summed E-state index contributed by atoms with van der Waals surface area (Å²) in [4.78, 5) is 16.3. The molecular formula is C16H25ClN2O. The first-order valence-electron chi connectivity index (χ1n) is 7.26. The van der Waals surface area contributed by atoms with Crippen LogP contribution in [0.15, 0.2) is 30.3 Å². The average Bonchev–Trinajstić information content (AvgIpc) is 2.47. The highest BCUT2D eigenvalue weighted by atomic mass is 35.5. The molecule has 1 amide bonds. The van der Waals surface area contributed by atoms with Crippen molar-refractivity contribution < 1.29 is 4.79 Å². The van der Waals surface area contributed by atoms with E-state index in [0.717, 1.165) is 19.6 Å². The van der Waals surface area contributed by atoms with E-state index in [1.807, 2.05) is 30.1 Å². The van der Waals surface area contributed by atoms with Gasteiger partial charge in [-0.15, -0.1) is 12.4 Å². The van der Waals surface area contributed by atoms with Gasteiger partial charge >= 0.3 is 0 Å². The molecule has 2 rings (SSSR count). The number of nitrogens with zero attached hydrogens (tertiary/aromatic N) is 2. The van der Waals surface area contributed by atoms with Crippen LogP contribution in [0, 0.1) is 0 Å². The smallest absolute Gasteiger partial charge is 0.223 e. The van der Waals surface area contributed by atoms with Crippen LogP contribution in [0.3, 0.4) is 0 Å². The molecule has 0 saturated carbocycles. The summed E-state index contributed by atoms with van der Waals surface area (Å²) in [6, 6.07) is 10.2. The van der Waals surface area contributed by atoms with Gasteiger partial charge in [0.1, 0.15) is 0 Å². The molecule has 1 heterocycles. The van der Waals surface area contributed by atoms with Gasteiger partial charge in [0.05, 0.1) is 0 Å². The SMILES string of the molecule is CN(Cc1ccccc1)C(=O)CCN1CCCCC1.Cl. The lowest BCUT2D eigenvalue weighted by Gasteiger charge is -2.27. The van der Waals surface area contributed by atoms with Crippen LogP contribution in [-0.2, 0) is 11.3 Å². The van der Waals surface area contributed by atoms with Crippen LogP contribution >= 0.6 is 12.4 Å². The van der Waals surface area contributed by atoms with Gasteiger partial charge in [-0.1, -0.05) is 36.8 Å². The zero-order chi connectivity index (χ0) is 13.5. The zero-order valence-electron chi connectivity index (χ0n) is 12.3. The highest BCUT2D eigenvalue weighted by molar-refractivity contribution is 5.85. The first-order chi connectivity index (χ1) is 9.25. The maximum atomic E-state index is 12.1. The van der Waals surface area contributed by atoms with Gasteiger partial charge in [0.2, 0.25) is 5.91 Å². The predicted octanol–water partition coefficient (Wildman–Crippen LogP) is 2.94. The quantitative estimate of drug-likeness (QED) is 0.834. The fraction of sp³-hybridized carbons (Fsp3) is 0.562. The van der Waals surface area contributed by atoms with Gasteiger partial charge in [-0.25, -0.2) is 0 Å². The van der Waals surface area contributed by atoms with E-state index in [-0.39, 0.29) is 18.3 Å². The van der Waals surface area contributed by atoms with Crippen LogP contribution in [0.4, 0.5) is 0 Å². The summed E-state index contributed by atoms with van der Waals surface area (Å²) >= 11 is 0. The summed E-state index contributed by atoms with van der Waals surface area (Å²) in [5.41, 5.74) is 1.19. The number of hydrogen-bond acceptors (Lipinski definition) is 2. The monoisotopic (exact) mass is 296 g/mol. The Balaban J connectivity index is 0.00000200. The number of likely N-dealkylation sites (tertiary alicyclic amines) is 1. The van der Waals surface area contributed by atoms with Gasteiger partial charge in [-0.05, 0) is 31.5 Å². The second-order valence-corrected chi connectivity index (χ2v) is 5.39. The first-order valence-corrected chi connectivity index (χ1v) is 7.26. The molecule has 20 heavy (non-hydrogen) atoms. The highest BCUT2D eigenvalue weighted by Crippen LogP contribution is 2.10. The Kier molecular flexibility index (Phi) is 7.63. The van der Waals surface area contributed by atoms with Crippen molar-refractivity contribution in [2.24, 2.45) is 0 Å². The number of piperidine rings is 1. The largest absolute Gasteiger partial charge is 0.341 e. The third-order valence-corrected chi connectivity index (χ3v) is 3.78. The Morgan fingerprint density at radius 2 is 1.80 bits per heavy atom. The van der Waals surface area contributed by atoms with E-state index in [1.54, 1.807) is 0 Å². The Labute approximate surface area is 128 Å². The van der Waals surface area contributed by atoms with Gasteiger partial charge in [-0.2, -0.15) is 0 Å². The number of carbonyl (C=O) groups excluding carboxylic acids is 1. The lowest BCUT2D eigenvalue weighted by Crippen LogP contribution is -2.34. The van der Waals surface area contributed by atoms with Crippen molar-refractivity contribution in [1.29, 1.82) is 0 Å². The van der Waals surface area contributed by atoms with Crippen LogP contribution < -0.4 is 0 Å². The summed E-state index contributed by atoms with van der Waals surface area (Å²) in [5, 5.41) is 0. The molecule has 0 radical (unpaired) electrons. The molecule has 3 nitrogen and oxygen atoms in total. The average molecular weight is 297 g/mol. The molecule has 1 aliphatic heterocycles. The molecule has 0 atom stereocenters. The molecular weight excluding hydrogens is 272 g/mol. The third kappa shape index (κ3) is 5.51. The second-order valence-electron chi connectivity index (χ2n) is 5.39. The van der Waals surface area contributed by atoms with Gasteiger partial charge in [0.25, 0.3) is 0 Å². The van der Waals surface area contributed by atoms with E-state index >= 15 is 0 Å². The van der Waals surface area contributed by atoms with Crippen LogP contribution in [-0.4, -0.2) is 42.4 Å². The molecule has 0 unspecified atom stereocenters. The molecule has 1 aliphatic rings. The highest BCUT2D eigenvalue weighted by Gasteiger charge is 2.14. The van der Waals surface area contributed by atoms with Crippen LogP contribution in [0.1, 0.15) is 31.2 Å². The second kappa shape index (κ2) is 8.98. The fourth-order valence-electron chi connectivity index (χ4n) is 2.57. The number of rotatable bonds is 5. The first kappa shape index (κ1) is 17.0. The van der Waals surface area contributed by atoms with Crippen molar-refractivity contribution >= 4 is 18.3 Å². The van der Waals surface area contributed by atoms with E-state index in [9.17, 15) is 4.79 Å². The molecule has 0 spiro atoms. The lowest BCUT2D eigenvalue weighted by atomic mass is 10.1. The third-order valence-electron chi connectivity index (χ3n) is 3.78. The number of amides is 1. The van der Waals surface area contributed by atoms with Crippen molar-refractivity contribution in [2.75, 3.05) is 26.7 Å². The predicted molar refractivity (Wildman–Crippen MR) is 85.1 cm³/mol. The van der Waals surface area contributed by atoms with E-state index in [0.29, 0.717) is 13.0 Å². The van der Waals surface area contributed by atoms with Gasteiger partial charge in [0.15, 0.2) is 0 Å². The number of carbonyl (C=O) groups is 1. The molecule has 1 aromatic carbocycles. The molecule has 1 aromatic rings. The van der Waals surface area contributed by atoms with E-state index in [4.69, 9.17) is 0 Å². The Hall–Kier alpha value is -1.06. The molecule has 1 fully saturated rings. The van der Waals surface area contributed by atoms with Crippen molar-refractivity contribution in [2.45, 2.75) is 32.2 Å². The summed E-state index contributed by atoms with van der Waals surface area (Å²) in [7, 11) is 1.89. The zero-order valence-corrected chi connectivity index (χ0v) is 13.1. The normalized spacial score (nSPS) is 15.4. The molecule has 112 valence electrons. The summed E-state index contributed by atoms with van der Waals surface area (Å²) in [6.07, 6.45) is 4.56. The van der Waals surface area contributed by atoms with Crippen molar-refractivity contribution in [3.05, 3.63) is 35.9 Å². The van der Waals surface area contributed by atoms with Crippen molar-refractivity contribution in [1.82, 2.24) is 9.80 Å². The summed E-state index contributed by atoms with van der Waals surface area (Å²) < 4.78 is 0. The van der Waals surface area contributed by atoms with E-state index in [2.05, 4.69) is 17.0 Å². The maximum absolute atomic E-state index is 12.1. The number of benzene rings is 1. The lowest BCUT2D eigenvalue weighted by molar-refractivity contribution is -0.130. The van der Waals surface area contributed by atoms with Gasteiger partial charge in [0, 0.05) is 26.6 Å². The minimum absolute atomic E-state index is 0. The van der Waals surface area contributed by atoms with Crippen LogP contribution in [0.2, 0.25) is 0 Å². The molecule has 0 bridgehead atoms. The Bertz CT molecular complexity index is 391. The van der Waals surface area contributed by atoms with Crippen molar-refractivity contribution in [3.8, 4) is 0 Å². The standard InChI is InChI=1S/C16H24N2O.ClH/c1-17(14-15-8-4-2-5-9-15)16(19)10-13-18-11-6-3-7-12-18;/h2,4-5,8-9H,3,6-7,10-14H2,1H3;1H. The summed E-state index contributed by atoms with van der Waals surface area (Å²) in [5.74, 6) is 0.245. The summed E-state index contributed by atoms with van der Waals surface area (Å²) in [6.45, 7) is 3.95. The van der Waals surface area contributed by atoms with Crippen LogP contribution in [0.5, 0.6) is 0 Å². The Morgan fingerprint density at radius 3 is 2.45 bits per heavy atom. The fourth-order valence-corrected chi connectivity index (χ4v) is 2.57.